The number of nitrogens with zero attached hydrogens (tertiary/aromatic N) is 2. The lowest BCUT2D eigenvalue weighted by molar-refractivity contribution is 0.126. The minimum Gasteiger partial charge on any atom is -0.490 e. The highest BCUT2D eigenvalue weighted by Crippen LogP contribution is 2.38. The van der Waals surface area contributed by atoms with Crippen molar-refractivity contribution in [2.24, 2.45) is 5.92 Å². The van der Waals surface area contributed by atoms with E-state index in [0.29, 0.717) is 47.7 Å². The van der Waals surface area contributed by atoms with E-state index in [9.17, 15) is 4.39 Å². The highest BCUT2D eigenvalue weighted by atomic mass is 35.5. The molecule has 2 fully saturated rings. The van der Waals surface area contributed by atoms with Crippen LogP contribution in [0, 0.1) is 11.7 Å². The van der Waals surface area contributed by atoms with Gasteiger partial charge in [0.25, 0.3) is 0 Å². The van der Waals surface area contributed by atoms with Gasteiger partial charge in [0.2, 0.25) is 0 Å². The van der Waals surface area contributed by atoms with E-state index < -0.39 is 5.82 Å². The number of nitrogens with one attached hydrogen (secondary N) is 2. The molecule has 0 spiro atoms. The molecule has 0 amide bonds. The lowest BCUT2D eigenvalue weighted by Gasteiger charge is -2.29. The number of fused-ring (bicyclic) bond motifs is 1. The summed E-state index contributed by atoms with van der Waals surface area (Å²) in [5.41, 5.74) is 1.30. The second-order valence-corrected chi connectivity index (χ2v) is 9.21. The first kappa shape index (κ1) is 23.1. The molecule has 180 valence electrons. The molecule has 2 saturated heterocycles. The van der Waals surface area contributed by atoms with Crippen molar-refractivity contribution >= 4 is 34.0 Å². The van der Waals surface area contributed by atoms with E-state index in [-0.39, 0.29) is 17.2 Å². The Labute approximate surface area is 203 Å². The Kier molecular flexibility index (Phi) is 6.99. The fourth-order valence-electron chi connectivity index (χ4n) is 4.51. The molecule has 5 rings (SSSR count). The third-order valence-corrected chi connectivity index (χ3v) is 6.70. The predicted molar refractivity (Wildman–Crippen MR) is 130 cm³/mol. The minimum atomic E-state index is -0.477. The van der Waals surface area contributed by atoms with Crippen LogP contribution >= 0.6 is 11.6 Å². The van der Waals surface area contributed by atoms with Crippen molar-refractivity contribution < 1.29 is 18.6 Å². The molecule has 7 nitrogen and oxygen atoms in total. The van der Waals surface area contributed by atoms with Gasteiger partial charge in [0.15, 0.2) is 0 Å². The largest absolute Gasteiger partial charge is 0.490 e. The quantitative estimate of drug-likeness (QED) is 0.481. The molecule has 2 unspecified atom stereocenters. The Morgan fingerprint density at radius 3 is 2.79 bits per heavy atom. The van der Waals surface area contributed by atoms with Crippen molar-refractivity contribution in [3.8, 4) is 11.5 Å². The molecule has 3 aromatic rings. The SMILES string of the molecule is CC(Oc1cc(OC2CCOC2)c2c(Nc3ccc(F)c(Cl)c3)ncnc2c1)C1CCNCC1. The molecule has 2 aromatic carbocycles. The van der Waals surface area contributed by atoms with Gasteiger partial charge in [-0.2, -0.15) is 0 Å². The molecule has 3 heterocycles. The molecule has 2 aliphatic rings. The van der Waals surface area contributed by atoms with Crippen LogP contribution in [0.5, 0.6) is 11.5 Å². The summed E-state index contributed by atoms with van der Waals surface area (Å²) in [6, 6.07) is 8.27. The summed E-state index contributed by atoms with van der Waals surface area (Å²) >= 11 is 5.97. The van der Waals surface area contributed by atoms with Crippen LogP contribution in [-0.2, 0) is 4.74 Å². The summed E-state index contributed by atoms with van der Waals surface area (Å²) in [5, 5.41) is 7.38. The van der Waals surface area contributed by atoms with Crippen LogP contribution in [0.1, 0.15) is 26.2 Å². The Hall–Kier alpha value is -2.68. The summed E-state index contributed by atoms with van der Waals surface area (Å²) in [6.45, 7) is 5.35. The second-order valence-electron chi connectivity index (χ2n) is 8.81. The van der Waals surface area contributed by atoms with Crippen molar-refractivity contribution in [1.82, 2.24) is 15.3 Å². The average molecular weight is 487 g/mol. The average Bonchev–Trinajstić information content (AvgIpc) is 3.35. The van der Waals surface area contributed by atoms with Crippen LogP contribution in [-0.4, -0.2) is 48.5 Å². The van der Waals surface area contributed by atoms with Gasteiger partial charge in [-0.15, -0.1) is 0 Å². The van der Waals surface area contributed by atoms with E-state index in [4.69, 9.17) is 25.8 Å². The topological polar surface area (TPSA) is 77.5 Å². The Balaban J connectivity index is 1.49. The normalized spacial score (nSPS) is 19.8. The van der Waals surface area contributed by atoms with Crippen molar-refractivity contribution in [3.05, 3.63) is 47.5 Å². The van der Waals surface area contributed by atoms with E-state index in [2.05, 4.69) is 27.5 Å². The van der Waals surface area contributed by atoms with Crippen LogP contribution in [0.25, 0.3) is 10.9 Å². The number of anilines is 2. The molecule has 2 atom stereocenters. The molecule has 34 heavy (non-hydrogen) atoms. The maximum Gasteiger partial charge on any atom is 0.145 e. The molecular formula is C25H28ClFN4O3. The Morgan fingerprint density at radius 2 is 2.03 bits per heavy atom. The van der Waals surface area contributed by atoms with E-state index >= 15 is 0 Å². The molecule has 1 aromatic heterocycles. The molecule has 0 aliphatic carbocycles. The number of halogens is 2. The number of hydrogen-bond acceptors (Lipinski definition) is 7. The Bertz CT molecular complexity index is 1150. The summed E-state index contributed by atoms with van der Waals surface area (Å²) < 4.78 is 31.9. The predicted octanol–water partition coefficient (Wildman–Crippen LogP) is 5.10. The lowest BCUT2D eigenvalue weighted by atomic mass is 9.93. The van der Waals surface area contributed by atoms with Crippen LogP contribution in [0.2, 0.25) is 5.02 Å². The van der Waals surface area contributed by atoms with Crippen LogP contribution in [0.4, 0.5) is 15.9 Å². The van der Waals surface area contributed by atoms with Gasteiger partial charge in [-0.05, 0) is 57.0 Å². The van der Waals surface area contributed by atoms with Crippen molar-refractivity contribution in [2.75, 3.05) is 31.6 Å². The lowest BCUT2D eigenvalue weighted by Crippen LogP contribution is -2.35. The molecule has 0 saturated carbocycles. The summed E-state index contributed by atoms with van der Waals surface area (Å²) in [6.07, 6.45) is 4.49. The molecule has 0 radical (unpaired) electrons. The van der Waals surface area contributed by atoms with E-state index in [0.717, 1.165) is 37.7 Å². The number of rotatable bonds is 7. The van der Waals surface area contributed by atoms with Gasteiger partial charge in [0.05, 0.1) is 35.2 Å². The van der Waals surface area contributed by atoms with Crippen molar-refractivity contribution in [3.63, 3.8) is 0 Å². The van der Waals surface area contributed by atoms with Crippen molar-refractivity contribution in [1.29, 1.82) is 0 Å². The summed E-state index contributed by atoms with van der Waals surface area (Å²) in [5.74, 6) is 1.89. The van der Waals surface area contributed by atoms with Crippen LogP contribution < -0.4 is 20.1 Å². The fraction of sp³-hybridized carbons (Fsp3) is 0.440. The van der Waals surface area contributed by atoms with E-state index in [1.807, 2.05) is 12.1 Å². The highest BCUT2D eigenvalue weighted by Gasteiger charge is 2.24. The zero-order valence-electron chi connectivity index (χ0n) is 19.0. The third kappa shape index (κ3) is 5.19. The van der Waals surface area contributed by atoms with Crippen LogP contribution in [0.3, 0.4) is 0 Å². The van der Waals surface area contributed by atoms with Gasteiger partial charge < -0.3 is 24.8 Å². The smallest absolute Gasteiger partial charge is 0.145 e. The first-order chi connectivity index (χ1) is 16.6. The molecule has 2 N–H and O–H groups in total. The minimum absolute atomic E-state index is 0.0329. The number of benzene rings is 2. The molecule has 9 heteroatoms. The van der Waals surface area contributed by atoms with Gasteiger partial charge in [0, 0.05) is 24.2 Å². The molecule has 2 aliphatic heterocycles. The number of hydrogen-bond donors (Lipinski definition) is 2. The zero-order chi connectivity index (χ0) is 23.5. The molecular weight excluding hydrogens is 459 g/mol. The maximum absolute atomic E-state index is 13.6. The summed E-state index contributed by atoms with van der Waals surface area (Å²) in [7, 11) is 0. The van der Waals surface area contributed by atoms with Gasteiger partial charge in [0.1, 0.15) is 35.6 Å². The van der Waals surface area contributed by atoms with Gasteiger partial charge in [-0.3, -0.25) is 0 Å². The maximum atomic E-state index is 13.6. The van der Waals surface area contributed by atoms with E-state index in [1.54, 1.807) is 6.07 Å². The monoisotopic (exact) mass is 486 g/mol. The third-order valence-electron chi connectivity index (χ3n) is 6.41. The highest BCUT2D eigenvalue weighted by molar-refractivity contribution is 6.31. The first-order valence-electron chi connectivity index (χ1n) is 11.7. The van der Waals surface area contributed by atoms with Gasteiger partial charge in [-0.1, -0.05) is 11.6 Å². The standard InChI is InChI=1S/C25H28ClFN4O3/c1-15(16-4-7-28-8-5-16)33-19-11-22-24(23(12-19)34-18-6-9-32-13-18)25(30-14-29-22)31-17-2-3-21(27)20(26)10-17/h2-3,10-12,14-16,18,28H,4-9,13H2,1H3,(H,29,30,31). The van der Waals surface area contributed by atoms with E-state index in [1.165, 1.54) is 18.5 Å². The van der Waals surface area contributed by atoms with Gasteiger partial charge >= 0.3 is 0 Å². The number of aromatic nitrogens is 2. The molecule has 0 bridgehead atoms. The van der Waals surface area contributed by atoms with Crippen LogP contribution in [0.15, 0.2) is 36.7 Å². The van der Waals surface area contributed by atoms with Gasteiger partial charge in [-0.25, -0.2) is 14.4 Å². The first-order valence-corrected chi connectivity index (χ1v) is 12.1. The number of piperidine rings is 1. The van der Waals surface area contributed by atoms with Crippen molar-refractivity contribution in [2.45, 2.75) is 38.4 Å². The summed E-state index contributed by atoms with van der Waals surface area (Å²) in [4.78, 5) is 8.93. The second kappa shape index (κ2) is 10.3. The Morgan fingerprint density at radius 1 is 1.18 bits per heavy atom. The zero-order valence-corrected chi connectivity index (χ0v) is 19.8. The number of ether oxygens (including phenoxy) is 3. The fourth-order valence-corrected chi connectivity index (χ4v) is 4.69.